The molecule has 0 aliphatic rings. The number of benzene rings is 2. The zero-order chi connectivity index (χ0) is 17.7. The third-order valence-electron chi connectivity index (χ3n) is 4.14. The van der Waals surface area contributed by atoms with Crippen LogP contribution in [-0.2, 0) is 4.79 Å². The van der Waals surface area contributed by atoms with Crippen molar-refractivity contribution in [2.45, 2.75) is 46.5 Å². The molecule has 2 rings (SSSR count). The summed E-state index contributed by atoms with van der Waals surface area (Å²) in [5.41, 5.74) is 4.81. The number of Topliss-reactive ketones (excluding diaryl/α,β-unsaturated/α-hetero) is 1. The standard InChI is InChI=1S/C21H25NO2/c1-14(2)18-7-5-6-16(4)21(18)22-20(24)13-12-19(23)17-10-8-15(3)9-11-17/h5-11,14H,12-13H2,1-4H3,(H,22,24). The number of carbonyl (C=O) groups is 2. The molecule has 0 aliphatic carbocycles. The van der Waals surface area contributed by atoms with Crippen molar-refractivity contribution in [3.8, 4) is 0 Å². The van der Waals surface area contributed by atoms with Gasteiger partial charge in [0.2, 0.25) is 5.91 Å². The summed E-state index contributed by atoms with van der Waals surface area (Å²) in [6.45, 7) is 8.17. The molecule has 1 N–H and O–H groups in total. The second-order valence-electron chi connectivity index (χ2n) is 6.53. The Kier molecular flexibility index (Phi) is 5.91. The smallest absolute Gasteiger partial charge is 0.224 e. The van der Waals surface area contributed by atoms with Gasteiger partial charge in [0.15, 0.2) is 5.78 Å². The van der Waals surface area contributed by atoms with E-state index < -0.39 is 0 Å². The lowest BCUT2D eigenvalue weighted by Crippen LogP contribution is -2.16. The quantitative estimate of drug-likeness (QED) is 0.758. The minimum atomic E-state index is -0.119. The summed E-state index contributed by atoms with van der Waals surface area (Å²) in [6, 6.07) is 13.5. The normalized spacial score (nSPS) is 10.7. The van der Waals surface area contributed by atoms with Crippen molar-refractivity contribution in [1.29, 1.82) is 0 Å². The number of aryl methyl sites for hydroxylation is 2. The van der Waals surface area contributed by atoms with Crippen molar-refractivity contribution in [2.75, 3.05) is 5.32 Å². The first-order valence-corrected chi connectivity index (χ1v) is 8.37. The molecule has 0 aromatic heterocycles. The summed E-state index contributed by atoms with van der Waals surface area (Å²) >= 11 is 0. The lowest BCUT2D eigenvalue weighted by atomic mass is 9.98. The first kappa shape index (κ1) is 17.9. The molecule has 3 heteroatoms. The van der Waals surface area contributed by atoms with Crippen LogP contribution >= 0.6 is 0 Å². The lowest BCUT2D eigenvalue weighted by Gasteiger charge is -2.16. The van der Waals surface area contributed by atoms with E-state index in [0.29, 0.717) is 11.5 Å². The Hall–Kier alpha value is -2.42. The molecule has 0 spiro atoms. The molecule has 2 aromatic carbocycles. The first-order valence-electron chi connectivity index (χ1n) is 8.37. The van der Waals surface area contributed by atoms with Crippen LogP contribution in [0.25, 0.3) is 0 Å². The summed E-state index contributed by atoms with van der Waals surface area (Å²) in [5.74, 6) is 0.208. The molecule has 0 atom stereocenters. The van der Waals surface area contributed by atoms with Gasteiger partial charge in [0.05, 0.1) is 0 Å². The molecule has 0 bridgehead atoms. The van der Waals surface area contributed by atoms with Crippen LogP contribution in [0.4, 0.5) is 5.69 Å². The molecule has 0 fully saturated rings. The number of hydrogen-bond donors (Lipinski definition) is 1. The van der Waals surface area contributed by atoms with Crippen LogP contribution in [0.3, 0.4) is 0 Å². The van der Waals surface area contributed by atoms with E-state index in [2.05, 4.69) is 19.2 Å². The van der Waals surface area contributed by atoms with Crippen LogP contribution in [0.15, 0.2) is 42.5 Å². The zero-order valence-corrected chi connectivity index (χ0v) is 14.8. The average molecular weight is 323 g/mol. The van der Waals surface area contributed by atoms with Gasteiger partial charge in [0.1, 0.15) is 0 Å². The van der Waals surface area contributed by atoms with Gasteiger partial charge in [-0.3, -0.25) is 9.59 Å². The predicted octanol–water partition coefficient (Wildman–Crippen LogP) is 5.03. The molecule has 3 nitrogen and oxygen atoms in total. The van der Waals surface area contributed by atoms with Crippen molar-refractivity contribution < 1.29 is 9.59 Å². The van der Waals surface area contributed by atoms with Crippen LogP contribution in [0, 0.1) is 13.8 Å². The van der Waals surface area contributed by atoms with Gasteiger partial charge in [0.25, 0.3) is 0 Å². The summed E-state index contributed by atoms with van der Waals surface area (Å²) in [6.07, 6.45) is 0.413. The maximum absolute atomic E-state index is 12.3. The number of nitrogens with one attached hydrogen (secondary N) is 1. The fourth-order valence-corrected chi connectivity index (χ4v) is 2.66. The van der Waals surface area contributed by atoms with E-state index in [4.69, 9.17) is 0 Å². The lowest BCUT2D eigenvalue weighted by molar-refractivity contribution is -0.116. The Morgan fingerprint density at radius 1 is 0.958 bits per heavy atom. The SMILES string of the molecule is Cc1ccc(C(=O)CCC(=O)Nc2c(C)cccc2C(C)C)cc1. The topological polar surface area (TPSA) is 46.2 Å². The van der Waals surface area contributed by atoms with E-state index in [0.717, 1.165) is 22.4 Å². The Morgan fingerprint density at radius 3 is 2.25 bits per heavy atom. The van der Waals surface area contributed by atoms with Gasteiger partial charge in [-0.05, 0) is 30.9 Å². The average Bonchev–Trinajstić information content (AvgIpc) is 2.55. The number of carbonyl (C=O) groups excluding carboxylic acids is 2. The minimum absolute atomic E-state index is 0.000910. The van der Waals surface area contributed by atoms with Crippen molar-refractivity contribution >= 4 is 17.4 Å². The molecule has 126 valence electrons. The van der Waals surface area contributed by atoms with Crippen molar-refractivity contribution in [3.63, 3.8) is 0 Å². The fourth-order valence-electron chi connectivity index (χ4n) is 2.66. The van der Waals surface area contributed by atoms with Gasteiger partial charge in [0, 0.05) is 24.1 Å². The van der Waals surface area contributed by atoms with E-state index in [9.17, 15) is 9.59 Å². The van der Waals surface area contributed by atoms with Crippen LogP contribution in [0.1, 0.15) is 59.7 Å². The number of anilines is 1. The Morgan fingerprint density at radius 2 is 1.62 bits per heavy atom. The van der Waals surface area contributed by atoms with Gasteiger partial charge >= 0.3 is 0 Å². The molecule has 0 unspecified atom stereocenters. The number of hydrogen-bond acceptors (Lipinski definition) is 2. The van der Waals surface area contributed by atoms with Crippen LogP contribution in [0.2, 0.25) is 0 Å². The molecule has 0 heterocycles. The predicted molar refractivity (Wildman–Crippen MR) is 98.6 cm³/mol. The Labute approximate surface area is 144 Å². The molecule has 0 aliphatic heterocycles. The number of rotatable bonds is 6. The summed E-state index contributed by atoms with van der Waals surface area (Å²) in [4.78, 5) is 24.4. The Balaban J connectivity index is 1.99. The maximum atomic E-state index is 12.3. The van der Waals surface area contributed by atoms with Gasteiger partial charge in [-0.2, -0.15) is 0 Å². The Bertz CT molecular complexity index is 730. The van der Waals surface area contributed by atoms with Gasteiger partial charge < -0.3 is 5.32 Å². The molecule has 0 radical (unpaired) electrons. The third kappa shape index (κ3) is 4.54. The van der Waals surface area contributed by atoms with E-state index in [1.165, 1.54) is 0 Å². The summed E-state index contributed by atoms with van der Waals surface area (Å²) < 4.78 is 0. The van der Waals surface area contributed by atoms with Crippen LogP contribution < -0.4 is 5.32 Å². The fraction of sp³-hybridized carbons (Fsp3) is 0.333. The number of amides is 1. The van der Waals surface area contributed by atoms with E-state index in [1.807, 2.05) is 56.3 Å². The molecule has 2 aromatic rings. The number of ketones is 1. The molecular weight excluding hydrogens is 298 g/mol. The van der Waals surface area contributed by atoms with E-state index >= 15 is 0 Å². The van der Waals surface area contributed by atoms with Crippen molar-refractivity contribution in [1.82, 2.24) is 0 Å². The van der Waals surface area contributed by atoms with Crippen LogP contribution in [-0.4, -0.2) is 11.7 Å². The zero-order valence-electron chi connectivity index (χ0n) is 14.8. The molecule has 24 heavy (non-hydrogen) atoms. The van der Waals surface area contributed by atoms with Gasteiger partial charge in [-0.1, -0.05) is 61.9 Å². The molecule has 0 saturated heterocycles. The highest BCUT2D eigenvalue weighted by Crippen LogP contribution is 2.27. The van der Waals surface area contributed by atoms with Crippen LogP contribution in [0.5, 0.6) is 0 Å². The van der Waals surface area contributed by atoms with Gasteiger partial charge in [-0.25, -0.2) is 0 Å². The second kappa shape index (κ2) is 7.91. The second-order valence-corrected chi connectivity index (χ2v) is 6.53. The largest absolute Gasteiger partial charge is 0.326 e. The van der Waals surface area contributed by atoms with E-state index in [1.54, 1.807) is 0 Å². The molecular formula is C21H25NO2. The summed E-state index contributed by atoms with van der Waals surface area (Å²) in [5, 5.41) is 2.98. The monoisotopic (exact) mass is 323 g/mol. The third-order valence-corrected chi connectivity index (χ3v) is 4.14. The van der Waals surface area contributed by atoms with Crippen molar-refractivity contribution in [3.05, 3.63) is 64.7 Å². The molecule has 1 amide bonds. The van der Waals surface area contributed by atoms with E-state index in [-0.39, 0.29) is 24.5 Å². The first-order chi connectivity index (χ1) is 11.4. The maximum Gasteiger partial charge on any atom is 0.224 e. The summed E-state index contributed by atoms with van der Waals surface area (Å²) in [7, 11) is 0. The highest BCUT2D eigenvalue weighted by atomic mass is 16.2. The minimum Gasteiger partial charge on any atom is -0.326 e. The molecule has 0 saturated carbocycles. The number of para-hydroxylation sites is 1. The highest BCUT2D eigenvalue weighted by molar-refractivity contribution is 6.00. The highest BCUT2D eigenvalue weighted by Gasteiger charge is 2.13. The van der Waals surface area contributed by atoms with Crippen molar-refractivity contribution in [2.24, 2.45) is 0 Å². The van der Waals surface area contributed by atoms with Gasteiger partial charge in [-0.15, -0.1) is 0 Å².